The summed E-state index contributed by atoms with van der Waals surface area (Å²) >= 11 is 12.4. The lowest BCUT2D eigenvalue weighted by Crippen LogP contribution is -2.67. The van der Waals surface area contributed by atoms with Crippen molar-refractivity contribution in [2.45, 2.75) is 164 Å². The Labute approximate surface area is 273 Å². The molecule has 0 radical (unpaired) electrons. The van der Waals surface area contributed by atoms with Crippen LogP contribution in [0.15, 0.2) is 0 Å². The number of fused-ring (bicyclic) bond motifs is 4. The Balaban J connectivity index is 1.37. The van der Waals surface area contributed by atoms with E-state index in [4.69, 9.17) is 0 Å². The van der Waals surface area contributed by atoms with Gasteiger partial charge in [0.05, 0.1) is 0 Å². The van der Waals surface area contributed by atoms with Gasteiger partial charge in [-0.3, -0.25) is 9.80 Å². The van der Waals surface area contributed by atoms with Gasteiger partial charge in [-0.1, -0.05) is 73.4 Å². The molecule has 3 saturated carbocycles. The second-order valence-corrected chi connectivity index (χ2v) is 20.7. The number of thioether (sulfide) groups is 2. The van der Waals surface area contributed by atoms with E-state index in [0.717, 1.165) is 67.7 Å². The van der Waals surface area contributed by atoms with Crippen molar-refractivity contribution in [2.75, 3.05) is 23.7 Å². The van der Waals surface area contributed by atoms with Crippen molar-refractivity contribution in [2.24, 2.45) is 22.7 Å². The molecular weight excluding hydrogens is 660 g/mol. The van der Waals surface area contributed by atoms with Crippen molar-refractivity contribution >= 4 is 55.4 Å². The Hall–Kier alpha value is 1.58. The van der Waals surface area contributed by atoms with Gasteiger partial charge in [-0.25, -0.2) is 0 Å². The normalized spacial score (nSPS) is 41.1. The highest BCUT2D eigenvalue weighted by atomic mass is 79.9. The van der Waals surface area contributed by atoms with Crippen LogP contribution in [0.3, 0.4) is 0 Å². The Kier molecular flexibility index (Phi) is 11.5. The molecule has 0 spiro atoms. The SMILES string of the molecule is CC(C)(C)C1CCC2C(C1)SC1CC3C(CC1N2CCCCBr)SC1CC(C(C)(C)C)CCC1N3CCCCBr. The predicted octanol–water partition coefficient (Wildman–Crippen LogP) is 9.87. The van der Waals surface area contributed by atoms with E-state index in [-0.39, 0.29) is 0 Å². The van der Waals surface area contributed by atoms with Crippen LogP contribution in [0, 0.1) is 22.7 Å². The molecule has 40 heavy (non-hydrogen) atoms. The average molecular weight is 721 g/mol. The minimum Gasteiger partial charge on any atom is -0.295 e. The largest absolute Gasteiger partial charge is 0.295 e. The minimum atomic E-state index is 0.452. The van der Waals surface area contributed by atoms with Crippen LogP contribution in [-0.4, -0.2) is 78.7 Å². The predicted molar refractivity (Wildman–Crippen MR) is 188 cm³/mol. The third kappa shape index (κ3) is 7.34. The monoisotopic (exact) mass is 718 g/mol. The molecule has 0 bridgehead atoms. The summed E-state index contributed by atoms with van der Waals surface area (Å²) < 4.78 is 0. The first-order valence-electron chi connectivity index (χ1n) is 17.0. The summed E-state index contributed by atoms with van der Waals surface area (Å²) in [5, 5.41) is 5.71. The molecule has 6 heteroatoms. The molecule has 2 saturated heterocycles. The second-order valence-electron chi connectivity index (χ2n) is 16.2. The Bertz CT molecular complexity index is 747. The lowest BCUT2D eigenvalue weighted by Gasteiger charge is -2.61. The second kappa shape index (κ2) is 13.9. The lowest BCUT2D eigenvalue weighted by atomic mass is 9.70. The number of alkyl halides is 2. The summed E-state index contributed by atoms with van der Waals surface area (Å²) in [6.45, 7) is 17.7. The molecule has 5 aliphatic rings. The smallest absolute Gasteiger partial charge is 0.0229 e. The molecule has 0 aromatic heterocycles. The van der Waals surface area contributed by atoms with Crippen LogP contribution >= 0.6 is 55.4 Å². The van der Waals surface area contributed by atoms with Gasteiger partial charge in [-0.15, -0.1) is 0 Å². The third-order valence-corrected chi connectivity index (χ3v) is 16.3. The van der Waals surface area contributed by atoms with E-state index in [1.165, 1.54) is 90.1 Å². The molecule has 2 aliphatic heterocycles. The van der Waals surface area contributed by atoms with Gasteiger partial charge in [0.1, 0.15) is 0 Å². The van der Waals surface area contributed by atoms with E-state index in [0.29, 0.717) is 10.8 Å². The Morgan fingerprint density at radius 3 is 1.25 bits per heavy atom. The van der Waals surface area contributed by atoms with E-state index in [9.17, 15) is 0 Å². The number of unbranched alkanes of at least 4 members (excludes halogenated alkanes) is 2. The number of nitrogens with zero attached hydrogens (tertiary/aromatic N) is 2. The lowest BCUT2D eigenvalue weighted by molar-refractivity contribution is 0.0106. The number of rotatable bonds is 8. The summed E-state index contributed by atoms with van der Waals surface area (Å²) in [4.78, 5) is 6.26. The van der Waals surface area contributed by atoms with Crippen LogP contribution in [0.25, 0.3) is 0 Å². The molecule has 0 aromatic carbocycles. The highest BCUT2D eigenvalue weighted by Gasteiger charge is 2.55. The molecule has 10 unspecified atom stereocenters. The van der Waals surface area contributed by atoms with Crippen molar-refractivity contribution < 1.29 is 0 Å². The van der Waals surface area contributed by atoms with Gasteiger partial charge in [0.25, 0.3) is 0 Å². The van der Waals surface area contributed by atoms with Gasteiger partial charge in [0.15, 0.2) is 0 Å². The Morgan fingerprint density at radius 1 is 0.525 bits per heavy atom. The summed E-state index contributed by atoms with van der Waals surface area (Å²) in [5.74, 6) is 1.78. The zero-order chi connectivity index (χ0) is 28.7. The highest BCUT2D eigenvalue weighted by Crippen LogP contribution is 2.56. The summed E-state index contributed by atoms with van der Waals surface area (Å²) in [6, 6.07) is 3.27. The molecular formula is C34H60Br2N2S2. The topological polar surface area (TPSA) is 6.48 Å². The van der Waals surface area contributed by atoms with Crippen LogP contribution in [-0.2, 0) is 0 Å². The van der Waals surface area contributed by atoms with Gasteiger partial charge < -0.3 is 0 Å². The van der Waals surface area contributed by atoms with E-state index in [2.05, 4.69) is 107 Å². The van der Waals surface area contributed by atoms with Crippen molar-refractivity contribution in [1.29, 1.82) is 0 Å². The first-order valence-corrected chi connectivity index (χ1v) is 21.1. The molecule has 2 heterocycles. The third-order valence-electron chi connectivity index (χ3n) is 11.8. The van der Waals surface area contributed by atoms with E-state index < -0.39 is 0 Å². The summed E-state index contributed by atoms with van der Waals surface area (Å²) in [7, 11) is 0. The van der Waals surface area contributed by atoms with Crippen molar-refractivity contribution in [3.05, 3.63) is 0 Å². The standard InChI is InChI=1S/C34H60Br2N2S2/c1-33(2,3)23-11-13-25-29(19-23)39-31-21-28-32(22-27(31)37(25)17-9-7-15-35)40-30-20-24(34(4,5)6)12-14-26(30)38(28)18-10-8-16-36/h23-32H,7-22H2,1-6H3. The molecule has 0 N–H and O–H groups in total. The fourth-order valence-electron chi connectivity index (χ4n) is 9.32. The Morgan fingerprint density at radius 2 is 0.900 bits per heavy atom. The maximum Gasteiger partial charge on any atom is 0.0229 e. The number of halogens is 2. The van der Waals surface area contributed by atoms with E-state index >= 15 is 0 Å². The van der Waals surface area contributed by atoms with Crippen molar-refractivity contribution in [3.63, 3.8) is 0 Å². The number of hydrogen-bond donors (Lipinski definition) is 0. The molecule has 3 aliphatic carbocycles. The van der Waals surface area contributed by atoms with Crippen molar-refractivity contribution in [1.82, 2.24) is 9.80 Å². The zero-order valence-corrected chi connectivity index (χ0v) is 31.4. The molecule has 2 nitrogen and oxygen atoms in total. The van der Waals surface area contributed by atoms with Gasteiger partial charge >= 0.3 is 0 Å². The van der Waals surface area contributed by atoms with Crippen LogP contribution in [0.4, 0.5) is 0 Å². The summed E-state index contributed by atoms with van der Waals surface area (Å²) in [5.41, 5.74) is 0.905. The first-order chi connectivity index (χ1) is 19.0. The summed E-state index contributed by atoms with van der Waals surface area (Å²) in [6.07, 6.45) is 16.9. The molecule has 232 valence electrons. The first kappa shape index (κ1) is 33.0. The van der Waals surface area contributed by atoms with Gasteiger partial charge in [0, 0.05) is 55.8 Å². The highest BCUT2D eigenvalue weighted by molar-refractivity contribution is 9.09. The molecule has 0 aromatic rings. The van der Waals surface area contributed by atoms with Crippen LogP contribution in [0.2, 0.25) is 0 Å². The minimum absolute atomic E-state index is 0.452. The van der Waals surface area contributed by atoms with Crippen LogP contribution in [0.5, 0.6) is 0 Å². The van der Waals surface area contributed by atoms with Crippen molar-refractivity contribution in [3.8, 4) is 0 Å². The molecule has 5 rings (SSSR count). The fourth-order valence-corrected chi connectivity index (χ4v) is 14.2. The van der Waals surface area contributed by atoms with E-state index in [1.54, 1.807) is 0 Å². The maximum atomic E-state index is 3.74. The average Bonchev–Trinajstić information content (AvgIpc) is 2.90. The fraction of sp³-hybridized carbons (Fsp3) is 1.00. The van der Waals surface area contributed by atoms with Gasteiger partial charge in [0.2, 0.25) is 0 Å². The maximum absolute atomic E-state index is 3.74. The number of hydrogen-bond acceptors (Lipinski definition) is 4. The molecule has 5 fully saturated rings. The van der Waals surface area contributed by atoms with E-state index in [1.807, 2.05) is 0 Å². The zero-order valence-electron chi connectivity index (χ0n) is 26.6. The molecule has 0 amide bonds. The quantitative estimate of drug-likeness (QED) is 0.182. The van der Waals surface area contributed by atoms with Crippen LogP contribution < -0.4 is 0 Å². The van der Waals surface area contributed by atoms with Gasteiger partial charge in [-0.05, 0) is 113 Å². The molecule has 10 atom stereocenters. The van der Waals surface area contributed by atoms with Gasteiger partial charge in [-0.2, -0.15) is 23.5 Å². The van der Waals surface area contributed by atoms with Crippen LogP contribution in [0.1, 0.15) is 119 Å².